The number of carbonyl (C=O) groups excluding carboxylic acids is 1. The third-order valence-corrected chi connectivity index (χ3v) is 3.67. The summed E-state index contributed by atoms with van der Waals surface area (Å²) < 4.78 is 10.5. The fourth-order valence-electron chi connectivity index (χ4n) is 2.31. The molecule has 144 valence electrons. The summed E-state index contributed by atoms with van der Waals surface area (Å²) in [5, 5.41) is 2.81. The fourth-order valence-corrected chi connectivity index (χ4v) is 2.31. The quantitative estimate of drug-likeness (QED) is 0.748. The van der Waals surface area contributed by atoms with Crippen LogP contribution < -0.4 is 24.6 Å². The van der Waals surface area contributed by atoms with E-state index in [1.165, 1.54) is 6.08 Å². The Labute approximate surface area is 159 Å². The van der Waals surface area contributed by atoms with Crippen molar-refractivity contribution in [3.63, 3.8) is 0 Å². The highest BCUT2D eigenvalue weighted by Crippen LogP contribution is 2.28. The minimum atomic E-state index is -0.283. The summed E-state index contributed by atoms with van der Waals surface area (Å²) in [7, 11) is 10.6. The number of anilines is 3. The summed E-state index contributed by atoms with van der Waals surface area (Å²) in [4.78, 5) is 24.7. The van der Waals surface area contributed by atoms with Crippen molar-refractivity contribution < 1.29 is 14.3 Å². The van der Waals surface area contributed by atoms with Gasteiger partial charge in [-0.2, -0.15) is 4.98 Å². The first-order valence-corrected chi connectivity index (χ1v) is 8.28. The monoisotopic (exact) mass is 371 g/mol. The van der Waals surface area contributed by atoms with Crippen LogP contribution in [0.5, 0.6) is 11.5 Å². The molecule has 0 atom stereocenters. The van der Waals surface area contributed by atoms with Crippen LogP contribution in [0.3, 0.4) is 0 Å². The molecule has 27 heavy (non-hydrogen) atoms. The largest absolute Gasteiger partial charge is 0.493 e. The van der Waals surface area contributed by atoms with Crippen molar-refractivity contribution in [2.75, 3.05) is 57.5 Å². The molecule has 0 saturated carbocycles. The Morgan fingerprint density at radius 3 is 2.37 bits per heavy atom. The zero-order valence-corrected chi connectivity index (χ0v) is 16.5. The van der Waals surface area contributed by atoms with Crippen LogP contribution in [0.1, 0.15) is 5.56 Å². The molecule has 1 aromatic heterocycles. The molecule has 1 heterocycles. The van der Waals surface area contributed by atoms with Crippen LogP contribution in [0.4, 0.5) is 17.5 Å². The SMILES string of the molecule is COc1ccc(/C=C/C(=O)Nc2cnc(N(C)C)nc2N(C)C)cc1OC. The molecule has 0 spiro atoms. The van der Waals surface area contributed by atoms with Gasteiger partial charge in [-0.15, -0.1) is 0 Å². The van der Waals surface area contributed by atoms with E-state index in [2.05, 4.69) is 15.3 Å². The molecule has 0 unspecified atom stereocenters. The Morgan fingerprint density at radius 1 is 1.07 bits per heavy atom. The van der Waals surface area contributed by atoms with Gasteiger partial charge in [0, 0.05) is 34.3 Å². The molecule has 0 saturated heterocycles. The van der Waals surface area contributed by atoms with Crippen LogP contribution in [-0.4, -0.2) is 58.3 Å². The van der Waals surface area contributed by atoms with Gasteiger partial charge in [-0.05, 0) is 23.8 Å². The lowest BCUT2D eigenvalue weighted by molar-refractivity contribution is -0.111. The van der Waals surface area contributed by atoms with Crippen LogP contribution >= 0.6 is 0 Å². The van der Waals surface area contributed by atoms with Crippen molar-refractivity contribution in [2.24, 2.45) is 0 Å². The number of nitrogens with zero attached hydrogens (tertiary/aromatic N) is 4. The van der Waals surface area contributed by atoms with E-state index in [0.29, 0.717) is 29.0 Å². The van der Waals surface area contributed by atoms with E-state index < -0.39 is 0 Å². The maximum atomic E-state index is 12.3. The molecule has 0 aliphatic rings. The Hall–Kier alpha value is -3.29. The maximum Gasteiger partial charge on any atom is 0.248 e. The zero-order chi connectivity index (χ0) is 20.0. The summed E-state index contributed by atoms with van der Waals surface area (Å²) >= 11 is 0. The van der Waals surface area contributed by atoms with E-state index in [4.69, 9.17) is 9.47 Å². The Kier molecular flexibility index (Phi) is 6.59. The van der Waals surface area contributed by atoms with Crippen molar-refractivity contribution in [3.8, 4) is 11.5 Å². The molecule has 1 amide bonds. The second-order valence-electron chi connectivity index (χ2n) is 6.13. The van der Waals surface area contributed by atoms with E-state index in [0.717, 1.165) is 5.56 Å². The lowest BCUT2D eigenvalue weighted by atomic mass is 10.2. The lowest BCUT2D eigenvalue weighted by Gasteiger charge is -2.18. The van der Waals surface area contributed by atoms with E-state index >= 15 is 0 Å². The molecule has 0 aliphatic carbocycles. The van der Waals surface area contributed by atoms with Gasteiger partial charge in [-0.3, -0.25) is 4.79 Å². The topological polar surface area (TPSA) is 79.8 Å². The molecule has 2 aromatic rings. The van der Waals surface area contributed by atoms with Gasteiger partial charge < -0.3 is 24.6 Å². The third-order valence-electron chi connectivity index (χ3n) is 3.67. The molecule has 1 aromatic carbocycles. The van der Waals surface area contributed by atoms with Crippen molar-refractivity contribution in [3.05, 3.63) is 36.0 Å². The smallest absolute Gasteiger partial charge is 0.248 e. The second kappa shape index (κ2) is 8.88. The van der Waals surface area contributed by atoms with Gasteiger partial charge in [0.15, 0.2) is 17.3 Å². The highest BCUT2D eigenvalue weighted by Gasteiger charge is 2.12. The lowest BCUT2D eigenvalue weighted by Crippen LogP contribution is -2.20. The van der Waals surface area contributed by atoms with Crippen LogP contribution in [-0.2, 0) is 4.79 Å². The number of hydrogen-bond donors (Lipinski definition) is 1. The Morgan fingerprint density at radius 2 is 1.78 bits per heavy atom. The van der Waals surface area contributed by atoms with Gasteiger partial charge in [0.1, 0.15) is 5.69 Å². The molecule has 0 bridgehead atoms. The van der Waals surface area contributed by atoms with Crippen LogP contribution in [0.25, 0.3) is 6.08 Å². The normalized spacial score (nSPS) is 10.6. The van der Waals surface area contributed by atoms with Gasteiger partial charge in [0.25, 0.3) is 0 Å². The Balaban J connectivity index is 2.17. The second-order valence-corrected chi connectivity index (χ2v) is 6.13. The first-order chi connectivity index (χ1) is 12.8. The van der Waals surface area contributed by atoms with Gasteiger partial charge >= 0.3 is 0 Å². The molecule has 2 rings (SSSR count). The minimum Gasteiger partial charge on any atom is -0.493 e. The van der Waals surface area contributed by atoms with Crippen molar-refractivity contribution in [1.82, 2.24) is 9.97 Å². The van der Waals surface area contributed by atoms with Crippen LogP contribution in [0, 0.1) is 0 Å². The molecule has 8 heteroatoms. The summed E-state index contributed by atoms with van der Waals surface area (Å²) in [6.45, 7) is 0. The first kappa shape index (κ1) is 20.0. The van der Waals surface area contributed by atoms with E-state index in [9.17, 15) is 4.79 Å². The maximum absolute atomic E-state index is 12.3. The fraction of sp³-hybridized carbons (Fsp3) is 0.316. The van der Waals surface area contributed by atoms with E-state index in [1.807, 2.05) is 39.2 Å². The summed E-state index contributed by atoms with van der Waals surface area (Å²) in [6, 6.07) is 5.42. The average Bonchev–Trinajstić information content (AvgIpc) is 2.65. The van der Waals surface area contributed by atoms with Crippen LogP contribution in [0.15, 0.2) is 30.5 Å². The number of benzene rings is 1. The number of nitrogens with one attached hydrogen (secondary N) is 1. The zero-order valence-electron chi connectivity index (χ0n) is 16.5. The van der Waals surface area contributed by atoms with Gasteiger partial charge in [0.2, 0.25) is 11.9 Å². The summed E-state index contributed by atoms with van der Waals surface area (Å²) in [5.41, 5.74) is 1.35. The number of aromatic nitrogens is 2. The number of methoxy groups -OCH3 is 2. The predicted octanol–water partition coefficient (Wildman–Crippen LogP) is 2.28. The number of ether oxygens (including phenoxy) is 2. The summed E-state index contributed by atoms with van der Waals surface area (Å²) in [6.07, 6.45) is 4.74. The Bertz CT molecular complexity index is 834. The standard InChI is InChI=1S/C19H25N5O3/c1-23(2)18-14(12-20-19(22-18)24(3)4)21-17(25)10-8-13-7-9-15(26-5)16(11-13)27-6/h7-12H,1-6H3,(H,21,25)/b10-8+. The third kappa shape index (κ3) is 5.10. The highest BCUT2D eigenvalue weighted by atomic mass is 16.5. The van der Waals surface area contributed by atoms with Crippen molar-refractivity contribution >= 4 is 29.4 Å². The van der Waals surface area contributed by atoms with Gasteiger partial charge in [-0.25, -0.2) is 4.98 Å². The first-order valence-electron chi connectivity index (χ1n) is 8.28. The number of rotatable bonds is 7. The van der Waals surface area contributed by atoms with Crippen molar-refractivity contribution in [1.29, 1.82) is 0 Å². The molecule has 8 nitrogen and oxygen atoms in total. The molecular weight excluding hydrogens is 346 g/mol. The minimum absolute atomic E-state index is 0.283. The van der Waals surface area contributed by atoms with Gasteiger partial charge in [-0.1, -0.05) is 6.07 Å². The number of amides is 1. The van der Waals surface area contributed by atoms with E-state index in [-0.39, 0.29) is 5.91 Å². The van der Waals surface area contributed by atoms with E-state index in [1.54, 1.807) is 43.5 Å². The van der Waals surface area contributed by atoms with Crippen LogP contribution in [0.2, 0.25) is 0 Å². The highest BCUT2D eigenvalue weighted by molar-refractivity contribution is 6.03. The molecule has 1 N–H and O–H groups in total. The average molecular weight is 371 g/mol. The molecule has 0 aliphatic heterocycles. The molecule has 0 fully saturated rings. The van der Waals surface area contributed by atoms with Crippen molar-refractivity contribution in [2.45, 2.75) is 0 Å². The van der Waals surface area contributed by atoms with Gasteiger partial charge in [0.05, 0.1) is 20.4 Å². The molecular formula is C19H25N5O3. The predicted molar refractivity (Wildman–Crippen MR) is 108 cm³/mol. The molecule has 0 radical (unpaired) electrons. The summed E-state index contributed by atoms with van der Waals surface area (Å²) in [5.74, 6) is 2.14. The number of carbonyl (C=O) groups is 1. The number of hydrogen-bond acceptors (Lipinski definition) is 7.